The SMILES string of the molecule is CN1Cc2cnc3ccc(-c4cnn(C)c4)nc3c2N(c2ccc(N3CCNCC3)c(C(F)(F)F)c2)C1=O. The molecule has 1 saturated heterocycles. The van der Waals surface area contributed by atoms with Gasteiger partial charge in [-0.2, -0.15) is 18.3 Å². The zero-order valence-corrected chi connectivity index (χ0v) is 20.8. The maximum absolute atomic E-state index is 14.3. The molecule has 0 radical (unpaired) electrons. The number of hydrogen-bond acceptors (Lipinski definition) is 6. The molecule has 196 valence electrons. The molecule has 6 rings (SSSR count). The number of nitrogens with zero attached hydrogens (tertiary/aromatic N) is 7. The van der Waals surface area contributed by atoms with E-state index in [9.17, 15) is 18.0 Å². The van der Waals surface area contributed by atoms with Crippen LogP contribution in [0.4, 0.5) is 35.0 Å². The van der Waals surface area contributed by atoms with Gasteiger partial charge in [-0.25, -0.2) is 9.78 Å². The minimum atomic E-state index is -4.60. The van der Waals surface area contributed by atoms with Crippen molar-refractivity contribution in [2.75, 3.05) is 43.0 Å². The molecule has 0 aliphatic carbocycles. The average molecular weight is 523 g/mol. The number of pyridine rings is 2. The van der Waals surface area contributed by atoms with Gasteiger partial charge >= 0.3 is 12.2 Å². The molecule has 1 fully saturated rings. The van der Waals surface area contributed by atoms with Crippen molar-refractivity contribution in [2.24, 2.45) is 7.05 Å². The molecule has 1 N–H and O–H groups in total. The van der Waals surface area contributed by atoms with Crippen molar-refractivity contribution in [3.05, 3.63) is 60.0 Å². The lowest BCUT2D eigenvalue weighted by atomic mass is 10.0. The van der Waals surface area contributed by atoms with Crippen LogP contribution >= 0.6 is 0 Å². The van der Waals surface area contributed by atoms with Gasteiger partial charge in [0, 0.05) is 69.5 Å². The van der Waals surface area contributed by atoms with E-state index in [4.69, 9.17) is 4.98 Å². The van der Waals surface area contributed by atoms with Crippen LogP contribution in [-0.2, 0) is 19.8 Å². The Morgan fingerprint density at radius 3 is 2.53 bits per heavy atom. The number of amides is 2. The van der Waals surface area contributed by atoms with Gasteiger partial charge in [0.25, 0.3) is 0 Å². The molecule has 5 heterocycles. The molecule has 1 aromatic carbocycles. The van der Waals surface area contributed by atoms with Gasteiger partial charge in [0.05, 0.1) is 40.9 Å². The first-order chi connectivity index (χ1) is 18.2. The summed E-state index contributed by atoms with van der Waals surface area (Å²) < 4.78 is 44.6. The van der Waals surface area contributed by atoms with Crippen LogP contribution in [0.25, 0.3) is 22.3 Å². The van der Waals surface area contributed by atoms with Crippen LogP contribution in [0.1, 0.15) is 11.1 Å². The second-order valence-electron chi connectivity index (χ2n) is 9.51. The van der Waals surface area contributed by atoms with E-state index < -0.39 is 17.8 Å². The lowest BCUT2D eigenvalue weighted by molar-refractivity contribution is -0.137. The number of halogens is 3. The molecular formula is C26H25F3N8O. The Morgan fingerprint density at radius 2 is 1.82 bits per heavy atom. The Labute approximate surface area is 216 Å². The van der Waals surface area contributed by atoms with Gasteiger partial charge in [0.2, 0.25) is 0 Å². The largest absolute Gasteiger partial charge is 0.418 e. The van der Waals surface area contributed by atoms with E-state index in [1.165, 1.54) is 15.9 Å². The van der Waals surface area contributed by atoms with E-state index in [0.717, 1.165) is 11.6 Å². The molecule has 38 heavy (non-hydrogen) atoms. The minimum absolute atomic E-state index is 0.109. The Hall–Kier alpha value is -4.19. The average Bonchev–Trinajstić information content (AvgIpc) is 3.35. The first-order valence-corrected chi connectivity index (χ1v) is 12.2. The molecular weight excluding hydrogens is 497 g/mol. The van der Waals surface area contributed by atoms with Gasteiger partial charge in [-0.1, -0.05) is 0 Å². The normalized spacial score (nSPS) is 16.3. The van der Waals surface area contributed by atoms with Gasteiger partial charge in [-0.3, -0.25) is 14.6 Å². The van der Waals surface area contributed by atoms with Crippen LogP contribution in [0.15, 0.2) is 48.9 Å². The number of anilines is 3. The van der Waals surface area contributed by atoms with Crippen LogP contribution in [-0.4, -0.2) is 63.9 Å². The molecule has 0 saturated carbocycles. The number of aryl methyl sites for hydroxylation is 1. The Morgan fingerprint density at radius 1 is 1.03 bits per heavy atom. The van der Waals surface area contributed by atoms with Crippen molar-refractivity contribution < 1.29 is 18.0 Å². The summed E-state index contributed by atoms with van der Waals surface area (Å²) in [6.45, 7) is 2.40. The lowest BCUT2D eigenvalue weighted by Crippen LogP contribution is -2.44. The number of aromatic nitrogens is 4. The second kappa shape index (κ2) is 8.98. The summed E-state index contributed by atoms with van der Waals surface area (Å²) in [5, 5.41) is 7.36. The highest BCUT2D eigenvalue weighted by atomic mass is 19.4. The monoisotopic (exact) mass is 522 g/mol. The molecule has 0 bridgehead atoms. The maximum Gasteiger partial charge on any atom is 0.418 e. The van der Waals surface area contributed by atoms with Gasteiger partial charge in [-0.15, -0.1) is 0 Å². The van der Waals surface area contributed by atoms with E-state index in [0.29, 0.717) is 54.2 Å². The number of benzene rings is 1. The zero-order valence-electron chi connectivity index (χ0n) is 20.8. The molecule has 2 amide bonds. The fraction of sp³-hybridized carbons (Fsp3) is 0.308. The highest BCUT2D eigenvalue weighted by molar-refractivity contribution is 6.08. The van der Waals surface area contributed by atoms with E-state index in [1.54, 1.807) is 48.2 Å². The van der Waals surface area contributed by atoms with Crippen molar-refractivity contribution in [1.82, 2.24) is 30.0 Å². The van der Waals surface area contributed by atoms with Crippen molar-refractivity contribution >= 4 is 34.1 Å². The predicted octanol–water partition coefficient (Wildman–Crippen LogP) is 4.16. The van der Waals surface area contributed by atoms with Gasteiger partial charge < -0.3 is 15.1 Å². The highest BCUT2D eigenvalue weighted by Crippen LogP contribution is 2.43. The molecule has 4 aromatic rings. The molecule has 2 aliphatic heterocycles. The molecule has 9 nitrogen and oxygen atoms in total. The number of nitrogens with one attached hydrogen (secondary N) is 1. The van der Waals surface area contributed by atoms with Crippen LogP contribution in [0, 0.1) is 0 Å². The predicted molar refractivity (Wildman–Crippen MR) is 137 cm³/mol. The van der Waals surface area contributed by atoms with Crippen LogP contribution in [0.5, 0.6) is 0 Å². The number of carbonyl (C=O) groups excluding carboxylic acids is 1. The van der Waals surface area contributed by atoms with E-state index in [2.05, 4.69) is 15.4 Å². The lowest BCUT2D eigenvalue weighted by Gasteiger charge is -2.36. The van der Waals surface area contributed by atoms with Gasteiger partial charge in [0.1, 0.15) is 5.52 Å². The van der Waals surface area contributed by atoms with Gasteiger partial charge in [0.15, 0.2) is 0 Å². The standard InChI is InChI=1S/C26H25F3N8O/c1-34-14-17-12-31-21-5-4-20(16-13-32-35(2)15-16)33-23(21)24(17)37(25(34)38)18-3-6-22(19(11-18)26(27,28)29)36-9-7-30-8-10-36/h3-6,11-13,15,30H,7-10,14H2,1-2H3. The van der Waals surface area contributed by atoms with Crippen molar-refractivity contribution in [3.8, 4) is 11.3 Å². The first-order valence-electron chi connectivity index (χ1n) is 12.2. The fourth-order valence-corrected chi connectivity index (χ4v) is 5.07. The third-order valence-electron chi connectivity index (χ3n) is 6.91. The number of rotatable bonds is 3. The highest BCUT2D eigenvalue weighted by Gasteiger charge is 2.38. The van der Waals surface area contributed by atoms with E-state index in [-0.39, 0.29) is 17.9 Å². The topological polar surface area (TPSA) is 82.4 Å². The molecule has 0 unspecified atom stereocenters. The van der Waals surface area contributed by atoms with Crippen molar-refractivity contribution in [1.29, 1.82) is 0 Å². The fourth-order valence-electron chi connectivity index (χ4n) is 5.07. The summed E-state index contributed by atoms with van der Waals surface area (Å²) in [6, 6.07) is 7.26. The molecule has 0 atom stereocenters. The number of piperazine rings is 1. The summed E-state index contributed by atoms with van der Waals surface area (Å²) >= 11 is 0. The maximum atomic E-state index is 14.3. The van der Waals surface area contributed by atoms with E-state index >= 15 is 0 Å². The summed E-state index contributed by atoms with van der Waals surface area (Å²) in [4.78, 5) is 27.3. The smallest absolute Gasteiger partial charge is 0.368 e. The zero-order chi connectivity index (χ0) is 26.6. The summed E-state index contributed by atoms with van der Waals surface area (Å²) in [7, 11) is 3.41. The molecule has 0 spiro atoms. The summed E-state index contributed by atoms with van der Waals surface area (Å²) in [5.74, 6) is 0. The number of fused-ring (bicyclic) bond motifs is 3. The number of carbonyl (C=O) groups is 1. The van der Waals surface area contributed by atoms with Gasteiger partial charge in [-0.05, 0) is 30.3 Å². The number of alkyl halides is 3. The Balaban J connectivity index is 1.54. The quantitative estimate of drug-likeness (QED) is 0.435. The Bertz CT molecular complexity index is 1540. The number of hydrogen-bond donors (Lipinski definition) is 1. The van der Waals surface area contributed by atoms with E-state index in [1.807, 2.05) is 12.3 Å². The van der Waals surface area contributed by atoms with Crippen molar-refractivity contribution in [3.63, 3.8) is 0 Å². The van der Waals surface area contributed by atoms with Crippen LogP contribution in [0.2, 0.25) is 0 Å². The molecule has 2 aliphatic rings. The number of urea groups is 1. The third-order valence-corrected chi connectivity index (χ3v) is 6.91. The molecule has 3 aromatic heterocycles. The first kappa shape index (κ1) is 24.2. The third kappa shape index (κ3) is 4.10. The minimum Gasteiger partial charge on any atom is -0.368 e. The Kier molecular flexibility index (Phi) is 5.71. The summed E-state index contributed by atoms with van der Waals surface area (Å²) in [5.41, 5.74) is 2.95. The second-order valence-corrected chi connectivity index (χ2v) is 9.51. The van der Waals surface area contributed by atoms with Crippen molar-refractivity contribution in [2.45, 2.75) is 12.7 Å². The van der Waals surface area contributed by atoms with Crippen LogP contribution in [0.3, 0.4) is 0 Å². The molecule has 12 heteroatoms. The summed E-state index contributed by atoms with van der Waals surface area (Å²) in [6.07, 6.45) is 0.547. The van der Waals surface area contributed by atoms with Crippen LogP contribution < -0.4 is 15.1 Å².